The Balaban J connectivity index is 2.27. The fraction of sp³-hybridized carbons (Fsp3) is 0.538. The lowest BCUT2D eigenvalue weighted by Gasteiger charge is -2.17. The molecule has 0 atom stereocenters. The molecular formula is C13H19NO2. The molecule has 0 aliphatic heterocycles. The van der Waals surface area contributed by atoms with Crippen molar-refractivity contribution in [2.45, 2.75) is 24.9 Å². The third-order valence-corrected chi connectivity index (χ3v) is 3.13. The molecular weight excluding hydrogens is 202 g/mol. The lowest BCUT2D eigenvalue weighted by atomic mass is 10.0. The lowest BCUT2D eigenvalue weighted by Crippen LogP contribution is -2.13. The monoisotopic (exact) mass is 221 g/mol. The van der Waals surface area contributed by atoms with Crippen LogP contribution in [0.3, 0.4) is 0 Å². The smallest absolute Gasteiger partial charge is 0.122 e. The number of aliphatic hydroxyl groups is 1. The van der Waals surface area contributed by atoms with Crippen LogP contribution >= 0.6 is 0 Å². The second kappa shape index (κ2) is 3.98. The lowest BCUT2D eigenvalue weighted by molar-refractivity contribution is 0.150. The van der Waals surface area contributed by atoms with E-state index in [0.717, 1.165) is 29.8 Å². The van der Waals surface area contributed by atoms with Crippen molar-refractivity contribution in [2.75, 3.05) is 26.1 Å². The fourth-order valence-corrected chi connectivity index (χ4v) is 1.86. The summed E-state index contributed by atoms with van der Waals surface area (Å²) in [6, 6.07) is 6.09. The number of nitrogens with zero attached hydrogens (tertiary/aromatic N) is 1. The number of methoxy groups -OCH3 is 1. The van der Waals surface area contributed by atoms with Crippen LogP contribution in [0, 0.1) is 0 Å². The fourth-order valence-electron chi connectivity index (χ4n) is 1.86. The number of ether oxygens (including phenoxy) is 1. The molecule has 1 saturated carbocycles. The second-order valence-corrected chi connectivity index (χ2v) is 4.79. The van der Waals surface area contributed by atoms with Gasteiger partial charge in [0.15, 0.2) is 0 Å². The first-order chi connectivity index (χ1) is 7.54. The van der Waals surface area contributed by atoms with E-state index >= 15 is 0 Å². The average Bonchev–Trinajstić information content (AvgIpc) is 2.96. The van der Waals surface area contributed by atoms with E-state index in [1.165, 1.54) is 0 Å². The van der Waals surface area contributed by atoms with Gasteiger partial charge >= 0.3 is 0 Å². The molecule has 0 spiro atoms. The third kappa shape index (κ3) is 2.30. The SMILES string of the molecule is COc1ccc(N(C)C)cc1CC1(O)CC1. The Bertz CT molecular complexity index is 384. The van der Waals surface area contributed by atoms with Gasteiger partial charge in [0.05, 0.1) is 12.7 Å². The van der Waals surface area contributed by atoms with Crippen LogP contribution in [-0.4, -0.2) is 31.9 Å². The Labute approximate surface area is 96.6 Å². The van der Waals surface area contributed by atoms with Crippen molar-refractivity contribution in [1.82, 2.24) is 0 Å². The summed E-state index contributed by atoms with van der Waals surface area (Å²) in [7, 11) is 5.69. The van der Waals surface area contributed by atoms with Crippen molar-refractivity contribution in [2.24, 2.45) is 0 Å². The Kier molecular flexibility index (Phi) is 2.80. The summed E-state index contributed by atoms with van der Waals surface area (Å²) in [5.41, 5.74) is 1.76. The Hall–Kier alpha value is -1.22. The molecule has 1 fully saturated rings. The molecule has 1 N–H and O–H groups in total. The van der Waals surface area contributed by atoms with Gasteiger partial charge in [-0.05, 0) is 36.6 Å². The van der Waals surface area contributed by atoms with E-state index in [-0.39, 0.29) is 0 Å². The van der Waals surface area contributed by atoms with E-state index in [9.17, 15) is 5.11 Å². The van der Waals surface area contributed by atoms with Gasteiger partial charge in [-0.3, -0.25) is 0 Å². The minimum atomic E-state index is -0.474. The number of benzene rings is 1. The van der Waals surface area contributed by atoms with Gasteiger partial charge < -0.3 is 14.7 Å². The molecule has 0 unspecified atom stereocenters. The van der Waals surface area contributed by atoms with Crippen LogP contribution in [0.5, 0.6) is 5.75 Å². The maximum Gasteiger partial charge on any atom is 0.122 e. The van der Waals surface area contributed by atoms with E-state index < -0.39 is 5.60 Å². The molecule has 0 aromatic heterocycles. The van der Waals surface area contributed by atoms with Crippen molar-refractivity contribution in [3.05, 3.63) is 23.8 Å². The topological polar surface area (TPSA) is 32.7 Å². The molecule has 0 bridgehead atoms. The largest absolute Gasteiger partial charge is 0.496 e. The molecule has 1 aromatic carbocycles. The molecule has 0 radical (unpaired) electrons. The molecule has 0 heterocycles. The second-order valence-electron chi connectivity index (χ2n) is 4.79. The van der Waals surface area contributed by atoms with Gasteiger partial charge in [-0.15, -0.1) is 0 Å². The molecule has 16 heavy (non-hydrogen) atoms. The summed E-state index contributed by atoms with van der Waals surface area (Å²) >= 11 is 0. The molecule has 0 amide bonds. The van der Waals surface area contributed by atoms with E-state index in [0.29, 0.717) is 6.42 Å². The Morgan fingerprint density at radius 1 is 1.38 bits per heavy atom. The van der Waals surface area contributed by atoms with Gasteiger partial charge in [-0.1, -0.05) is 0 Å². The van der Waals surface area contributed by atoms with Gasteiger partial charge in [0, 0.05) is 26.2 Å². The first-order valence-electron chi connectivity index (χ1n) is 5.61. The Morgan fingerprint density at radius 2 is 2.06 bits per heavy atom. The Morgan fingerprint density at radius 3 is 2.56 bits per heavy atom. The quantitative estimate of drug-likeness (QED) is 0.842. The molecule has 3 heteroatoms. The highest BCUT2D eigenvalue weighted by molar-refractivity contribution is 5.52. The highest BCUT2D eigenvalue weighted by atomic mass is 16.5. The third-order valence-electron chi connectivity index (χ3n) is 3.13. The van der Waals surface area contributed by atoms with Crippen LogP contribution in [0.25, 0.3) is 0 Å². The molecule has 88 valence electrons. The van der Waals surface area contributed by atoms with Gasteiger partial charge in [-0.25, -0.2) is 0 Å². The van der Waals surface area contributed by atoms with E-state index in [4.69, 9.17) is 4.74 Å². The van der Waals surface area contributed by atoms with Crippen molar-refractivity contribution < 1.29 is 9.84 Å². The van der Waals surface area contributed by atoms with E-state index in [2.05, 4.69) is 11.0 Å². The highest BCUT2D eigenvalue weighted by Crippen LogP contribution is 2.40. The normalized spacial score (nSPS) is 17.0. The van der Waals surface area contributed by atoms with Crippen LogP contribution in [0.15, 0.2) is 18.2 Å². The zero-order chi connectivity index (χ0) is 11.8. The summed E-state index contributed by atoms with van der Waals surface area (Å²) in [6.45, 7) is 0. The number of rotatable bonds is 4. The minimum absolute atomic E-state index is 0.474. The summed E-state index contributed by atoms with van der Waals surface area (Å²) in [6.07, 6.45) is 2.50. The average molecular weight is 221 g/mol. The maximum atomic E-state index is 9.96. The van der Waals surface area contributed by atoms with Crippen molar-refractivity contribution in [3.8, 4) is 5.75 Å². The summed E-state index contributed by atoms with van der Waals surface area (Å²) in [5.74, 6) is 0.867. The first kappa shape index (κ1) is 11.3. The number of hydrogen-bond donors (Lipinski definition) is 1. The van der Waals surface area contributed by atoms with Crippen LogP contribution in [0.4, 0.5) is 5.69 Å². The minimum Gasteiger partial charge on any atom is -0.496 e. The van der Waals surface area contributed by atoms with Crippen molar-refractivity contribution in [3.63, 3.8) is 0 Å². The predicted molar refractivity (Wildman–Crippen MR) is 65.2 cm³/mol. The van der Waals surface area contributed by atoms with Gasteiger partial charge in [0.25, 0.3) is 0 Å². The standard InChI is InChI=1S/C13H19NO2/c1-14(2)11-4-5-12(16-3)10(8-11)9-13(15)6-7-13/h4-5,8,15H,6-7,9H2,1-3H3. The zero-order valence-corrected chi connectivity index (χ0v) is 10.2. The molecule has 1 aliphatic carbocycles. The first-order valence-corrected chi connectivity index (χ1v) is 5.61. The van der Waals surface area contributed by atoms with Gasteiger partial charge in [0.1, 0.15) is 5.75 Å². The van der Waals surface area contributed by atoms with Crippen molar-refractivity contribution >= 4 is 5.69 Å². The van der Waals surface area contributed by atoms with Crippen LogP contribution < -0.4 is 9.64 Å². The number of anilines is 1. The number of hydrogen-bond acceptors (Lipinski definition) is 3. The predicted octanol–water partition coefficient (Wildman–Crippen LogP) is 1.83. The zero-order valence-electron chi connectivity index (χ0n) is 10.2. The van der Waals surface area contributed by atoms with Crippen LogP contribution in [0.2, 0.25) is 0 Å². The van der Waals surface area contributed by atoms with E-state index in [1.807, 2.05) is 26.2 Å². The molecule has 1 aliphatic rings. The van der Waals surface area contributed by atoms with Crippen LogP contribution in [0.1, 0.15) is 18.4 Å². The van der Waals surface area contributed by atoms with Gasteiger partial charge in [0.2, 0.25) is 0 Å². The van der Waals surface area contributed by atoms with Crippen LogP contribution in [-0.2, 0) is 6.42 Å². The summed E-state index contributed by atoms with van der Waals surface area (Å²) in [4.78, 5) is 2.06. The molecule has 0 saturated heterocycles. The molecule has 1 aromatic rings. The maximum absolute atomic E-state index is 9.96. The molecule has 2 rings (SSSR count). The van der Waals surface area contributed by atoms with Crippen molar-refractivity contribution in [1.29, 1.82) is 0 Å². The molecule has 3 nitrogen and oxygen atoms in total. The van der Waals surface area contributed by atoms with E-state index in [1.54, 1.807) is 7.11 Å². The summed E-state index contributed by atoms with van der Waals surface area (Å²) < 4.78 is 5.32. The summed E-state index contributed by atoms with van der Waals surface area (Å²) in [5, 5.41) is 9.96. The highest BCUT2D eigenvalue weighted by Gasteiger charge is 2.40. The van der Waals surface area contributed by atoms with Gasteiger partial charge in [-0.2, -0.15) is 0 Å².